The van der Waals surface area contributed by atoms with Gasteiger partial charge in [-0.1, -0.05) is 170 Å². The standard InChI is InChI=1S/C51H42BN3O2/c1-50(2)51(3,4)57-52(56-50)43-27-17-26-41(32-43)49-54-47(39-24-15-8-16-25-39)53-48(55-49)40-30-28-38(29-31-40)46-44(36-20-11-6-12-21-36)33-42(35-18-9-5-10-19-35)34-45(46)37-22-13-7-14-23-37/h5-34H,1-4H3. The monoisotopic (exact) mass is 739 g/mol. The van der Waals surface area contributed by atoms with Crippen LogP contribution in [0.3, 0.4) is 0 Å². The molecule has 6 heteroatoms. The molecule has 0 saturated carbocycles. The van der Waals surface area contributed by atoms with Crippen LogP contribution in [0.5, 0.6) is 0 Å². The SMILES string of the molecule is CC1(C)OB(c2cccc(-c3nc(-c4ccccc4)nc(-c4ccc(-c5c(-c6ccccc6)cc(-c6ccccc6)cc5-c5ccccc5)cc4)n3)c2)OC1(C)C. The minimum atomic E-state index is -0.499. The minimum Gasteiger partial charge on any atom is -0.399 e. The van der Waals surface area contributed by atoms with Crippen molar-refractivity contribution in [2.45, 2.75) is 38.9 Å². The summed E-state index contributed by atoms with van der Waals surface area (Å²) in [4.78, 5) is 15.2. The van der Waals surface area contributed by atoms with Crippen LogP contribution in [-0.2, 0) is 9.31 Å². The van der Waals surface area contributed by atoms with Crippen molar-refractivity contribution in [3.8, 4) is 78.7 Å². The molecule has 276 valence electrons. The Bertz CT molecular complexity index is 2590. The number of rotatable bonds is 8. The first-order valence-electron chi connectivity index (χ1n) is 19.5. The van der Waals surface area contributed by atoms with Crippen molar-refractivity contribution in [1.29, 1.82) is 0 Å². The predicted molar refractivity (Wildman–Crippen MR) is 234 cm³/mol. The van der Waals surface area contributed by atoms with E-state index in [1.165, 1.54) is 27.8 Å². The maximum Gasteiger partial charge on any atom is 0.494 e. The lowest BCUT2D eigenvalue weighted by Crippen LogP contribution is -2.41. The van der Waals surface area contributed by atoms with Crippen molar-refractivity contribution in [2.75, 3.05) is 0 Å². The zero-order valence-corrected chi connectivity index (χ0v) is 32.6. The molecule has 1 aliphatic rings. The Balaban J connectivity index is 1.16. The highest BCUT2D eigenvalue weighted by atomic mass is 16.7. The second-order valence-electron chi connectivity index (χ2n) is 15.5. The van der Waals surface area contributed by atoms with Crippen molar-refractivity contribution in [3.05, 3.63) is 182 Å². The van der Waals surface area contributed by atoms with E-state index in [4.69, 9.17) is 24.3 Å². The number of hydrogen-bond acceptors (Lipinski definition) is 5. The predicted octanol–water partition coefficient (Wildman–Crippen LogP) is 11.8. The largest absolute Gasteiger partial charge is 0.494 e. The van der Waals surface area contributed by atoms with Crippen molar-refractivity contribution in [2.24, 2.45) is 0 Å². The molecule has 0 unspecified atom stereocenters. The van der Waals surface area contributed by atoms with Gasteiger partial charge in [-0.15, -0.1) is 0 Å². The summed E-state index contributed by atoms with van der Waals surface area (Å²) >= 11 is 0. The number of benzene rings is 7. The van der Waals surface area contributed by atoms with Crippen LogP contribution in [0.2, 0.25) is 0 Å². The summed E-state index contributed by atoms with van der Waals surface area (Å²) in [5.74, 6) is 1.78. The Labute approximate surface area is 335 Å². The van der Waals surface area contributed by atoms with Crippen molar-refractivity contribution >= 4 is 12.6 Å². The van der Waals surface area contributed by atoms with Gasteiger partial charge in [0, 0.05) is 16.7 Å². The van der Waals surface area contributed by atoms with Crippen LogP contribution in [-0.4, -0.2) is 33.3 Å². The molecule has 1 saturated heterocycles. The van der Waals surface area contributed by atoms with E-state index in [1.807, 2.05) is 48.5 Å². The van der Waals surface area contributed by atoms with Crippen LogP contribution in [0.4, 0.5) is 0 Å². The van der Waals surface area contributed by atoms with Gasteiger partial charge in [0.15, 0.2) is 17.5 Å². The van der Waals surface area contributed by atoms with E-state index in [-0.39, 0.29) is 0 Å². The van der Waals surface area contributed by atoms with Crippen molar-refractivity contribution in [1.82, 2.24) is 15.0 Å². The zero-order valence-electron chi connectivity index (χ0n) is 32.6. The number of hydrogen-bond donors (Lipinski definition) is 0. The average Bonchev–Trinajstić information content (AvgIpc) is 3.50. The second kappa shape index (κ2) is 14.9. The molecule has 0 spiro atoms. The molecule has 0 N–H and O–H groups in total. The van der Waals surface area contributed by atoms with E-state index in [9.17, 15) is 0 Å². The summed E-state index contributed by atoms with van der Waals surface area (Å²) in [6, 6.07) is 63.4. The Morgan fingerprint density at radius 3 is 1.23 bits per heavy atom. The quantitative estimate of drug-likeness (QED) is 0.145. The summed E-state index contributed by atoms with van der Waals surface area (Å²) in [6.07, 6.45) is 0. The van der Waals surface area contributed by atoms with Gasteiger partial charge in [0.25, 0.3) is 0 Å². The second-order valence-corrected chi connectivity index (χ2v) is 15.5. The lowest BCUT2D eigenvalue weighted by atomic mass is 9.78. The molecule has 0 radical (unpaired) electrons. The molecule has 5 nitrogen and oxygen atoms in total. The van der Waals surface area contributed by atoms with Gasteiger partial charge in [-0.2, -0.15) is 0 Å². The smallest absolute Gasteiger partial charge is 0.399 e. The molecule has 1 fully saturated rings. The van der Waals surface area contributed by atoms with Crippen LogP contribution in [0.1, 0.15) is 27.7 Å². The third kappa shape index (κ3) is 7.22. The molecule has 0 atom stereocenters. The molecule has 0 aliphatic carbocycles. The minimum absolute atomic E-state index is 0.450. The molecular weight excluding hydrogens is 697 g/mol. The summed E-state index contributed by atoms with van der Waals surface area (Å²) in [5, 5.41) is 0. The lowest BCUT2D eigenvalue weighted by molar-refractivity contribution is 0.00578. The fraction of sp³-hybridized carbons (Fsp3) is 0.118. The van der Waals surface area contributed by atoms with Gasteiger partial charge in [-0.25, -0.2) is 15.0 Å². The van der Waals surface area contributed by atoms with E-state index < -0.39 is 18.3 Å². The third-order valence-corrected chi connectivity index (χ3v) is 11.2. The van der Waals surface area contributed by atoms with E-state index >= 15 is 0 Å². The maximum atomic E-state index is 6.40. The fourth-order valence-corrected chi connectivity index (χ4v) is 7.38. The zero-order chi connectivity index (χ0) is 39.0. The third-order valence-electron chi connectivity index (χ3n) is 11.2. The number of aromatic nitrogens is 3. The molecule has 2 heterocycles. The molecule has 1 aliphatic heterocycles. The van der Waals surface area contributed by atoms with Crippen molar-refractivity contribution in [3.63, 3.8) is 0 Å². The van der Waals surface area contributed by atoms with Gasteiger partial charge >= 0.3 is 7.12 Å². The molecule has 57 heavy (non-hydrogen) atoms. The van der Waals surface area contributed by atoms with Crippen molar-refractivity contribution < 1.29 is 9.31 Å². The summed E-state index contributed by atoms with van der Waals surface area (Å²) in [5.41, 5.74) is 11.9. The van der Waals surface area contributed by atoms with E-state index in [0.717, 1.165) is 38.8 Å². The molecule has 8 aromatic rings. The normalized spacial score (nSPS) is 14.4. The summed E-state index contributed by atoms with van der Waals surface area (Å²) < 4.78 is 12.8. The Morgan fingerprint density at radius 1 is 0.351 bits per heavy atom. The van der Waals surface area contributed by atoms with Crippen LogP contribution in [0, 0.1) is 0 Å². The summed E-state index contributed by atoms with van der Waals surface area (Å²) in [6.45, 7) is 8.27. The lowest BCUT2D eigenvalue weighted by Gasteiger charge is -2.32. The highest BCUT2D eigenvalue weighted by molar-refractivity contribution is 6.62. The first kappa shape index (κ1) is 36.2. The average molecular weight is 740 g/mol. The van der Waals surface area contributed by atoms with E-state index in [1.54, 1.807) is 0 Å². The highest BCUT2D eigenvalue weighted by Gasteiger charge is 2.51. The summed E-state index contributed by atoms with van der Waals surface area (Å²) in [7, 11) is -0.499. The molecular formula is C51H42BN3O2. The molecule has 9 rings (SSSR count). The Kier molecular flexibility index (Phi) is 9.45. The van der Waals surface area contributed by atoms with Gasteiger partial charge in [0.1, 0.15) is 0 Å². The van der Waals surface area contributed by atoms with Gasteiger partial charge < -0.3 is 9.31 Å². The molecule has 0 amide bonds. The maximum absolute atomic E-state index is 6.40. The highest BCUT2D eigenvalue weighted by Crippen LogP contribution is 2.44. The van der Waals surface area contributed by atoms with E-state index in [2.05, 4.69) is 161 Å². The Hall–Kier alpha value is -6.47. The topological polar surface area (TPSA) is 57.1 Å². The van der Waals surface area contributed by atoms with Crippen LogP contribution >= 0.6 is 0 Å². The first-order valence-corrected chi connectivity index (χ1v) is 19.5. The van der Waals surface area contributed by atoms with Crippen LogP contribution < -0.4 is 5.46 Å². The van der Waals surface area contributed by atoms with Crippen LogP contribution in [0.25, 0.3) is 78.7 Å². The van der Waals surface area contributed by atoms with Gasteiger partial charge in [0.2, 0.25) is 0 Å². The fourth-order valence-electron chi connectivity index (χ4n) is 7.38. The molecule has 7 aromatic carbocycles. The van der Waals surface area contributed by atoms with E-state index in [0.29, 0.717) is 17.5 Å². The first-order chi connectivity index (χ1) is 27.7. The van der Waals surface area contributed by atoms with Crippen LogP contribution in [0.15, 0.2) is 182 Å². The molecule has 0 bridgehead atoms. The molecule has 1 aromatic heterocycles. The van der Waals surface area contributed by atoms with Gasteiger partial charge in [-0.3, -0.25) is 0 Å². The van der Waals surface area contributed by atoms with Gasteiger partial charge in [0.05, 0.1) is 11.2 Å². The van der Waals surface area contributed by atoms with Gasteiger partial charge in [-0.05, 0) is 89.8 Å². The number of nitrogens with zero attached hydrogens (tertiary/aromatic N) is 3. The Morgan fingerprint density at radius 2 is 0.737 bits per heavy atom.